The van der Waals surface area contributed by atoms with E-state index in [1.807, 2.05) is 31.4 Å². The van der Waals surface area contributed by atoms with E-state index in [9.17, 15) is 14.0 Å². The molecule has 0 spiro atoms. The summed E-state index contributed by atoms with van der Waals surface area (Å²) in [4.78, 5) is 27.3. The Kier molecular flexibility index (Phi) is 6.03. The summed E-state index contributed by atoms with van der Waals surface area (Å²) in [6.45, 7) is 3.38. The number of carbonyl (C=O) groups is 2. The van der Waals surface area contributed by atoms with Crippen molar-refractivity contribution in [3.8, 4) is 0 Å². The van der Waals surface area contributed by atoms with Crippen molar-refractivity contribution in [2.24, 2.45) is 0 Å². The average Bonchev–Trinajstić information content (AvgIpc) is 3.28. The standard InChI is InChI=1S/C20H18FNO3S2/c1-12-10-16(13(2)27-12)20(24)25-11-18(23)22-19(17-4-3-9-26-17)14-5-7-15(21)8-6-14/h3-10,19H,11H2,1-2H3,(H,22,23)/t19-/m0/s1. The van der Waals surface area contributed by atoms with Crippen molar-refractivity contribution in [2.45, 2.75) is 19.9 Å². The molecule has 2 heterocycles. The molecule has 0 aliphatic rings. The van der Waals surface area contributed by atoms with Gasteiger partial charge in [-0.25, -0.2) is 9.18 Å². The second-order valence-electron chi connectivity index (χ2n) is 5.97. The minimum atomic E-state index is -0.513. The lowest BCUT2D eigenvalue weighted by Crippen LogP contribution is -2.32. The molecule has 7 heteroatoms. The lowest BCUT2D eigenvalue weighted by molar-refractivity contribution is -0.124. The minimum absolute atomic E-state index is 0.342. The Balaban J connectivity index is 1.67. The van der Waals surface area contributed by atoms with Crippen LogP contribution >= 0.6 is 22.7 Å². The third-order valence-corrected chi connectivity index (χ3v) is 5.83. The van der Waals surface area contributed by atoms with Gasteiger partial charge in [0.05, 0.1) is 11.6 Å². The number of halogens is 1. The van der Waals surface area contributed by atoms with Crippen molar-refractivity contribution in [2.75, 3.05) is 6.61 Å². The van der Waals surface area contributed by atoms with Gasteiger partial charge in [0.1, 0.15) is 5.82 Å². The van der Waals surface area contributed by atoms with Crippen LogP contribution in [0, 0.1) is 19.7 Å². The molecule has 3 rings (SSSR count). The number of rotatable bonds is 6. The van der Waals surface area contributed by atoms with Crippen molar-refractivity contribution in [3.05, 3.63) is 79.4 Å². The zero-order chi connectivity index (χ0) is 19.4. The quantitative estimate of drug-likeness (QED) is 0.611. The van der Waals surface area contributed by atoms with Gasteiger partial charge >= 0.3 is 5.97 Å². The average molecular weight is 404 g/mol. The lowest BCUT2D eigenvalue weighted by atomic mass is 10.1. The number of carbonyl (C=O) groups excluding carboxylic acids is 2. The number of esters is 1. The maximum absolute atomic E-state index is 13.2. The van der Waals surface area contributed by atoms with Gasteiger partial charge in [-0.1, -0.05) is 18.2 Å². The molecule has 0 radical (unpaired) electrons. The fraction of sp³-hybridized carbons (Fsp3) is 0.200. The smallest absolute Gasteiger partial charge is 0.339 e. The maximum Gasteiger partial charge on any atom is 0.339 e. The van der Waals surface area contributed by atoms with Gasteiger partial charge in [-0.05, 0) is 49.1 Å². The van der Waals surface area contributed by atoms with E-state index < -0.39 is 17.9 Å². The molecule has 0 bridgehead atoms. The van der Waals surface area contributed by atoms with Crippen LogP contribution in [-0.2, 0) is 9.53 Å². The van der Waals surface area contributed by atoms with E-state index in [0.29, 0.717) is 5.56 Å². The van der Waals surface area contributed by atoms with Crippen LogP contribution in [0.15, 0.2) is 47.8 Å². The summed E-state index contributed by atoms with van der Waals surface area (Å²) >= 11 is 2.99. The van der Waals surface area contributed by atoms with Crippen molar-refractivity contribution in [1.29, 1.82) is 0 Å². The van der Waals surface area contributed by atoms with Crippen LogP contribution in [0.3, 0.4) is 0 Å². The summed E-state index contributed by atoms with van der Waals surface area (Å²) in [5.74, 6) is -1.28. The van der Waals surface area contributed by atoms with Crippen molar-refractivity contribution in [1.82, 2.24) is 5.32 Å². The van der Waals surface area contributed by atoms with E-state index in [2.05, 4.69) is 5.32 Å². The molecular weight excluding hydrogens is 385 g/mol. The van der Waals surface area contributed by atoms with Crippen LogP contribution in [0.2, 0.25) is 0 Å². The van der Waals surface area contributed by atoms with Gasteiger partial charge in [-0.3, -0.25) is 4.79 Å². The molecule has 4 nitrogen and oxygen atoms in total. The summed E-state index contributed by atoms with van der Waals surface area (Å²) in [7, 11) is 0. The molecule has 0 aliphatic carbocycles. The predicted octanol–water partition coefficient (Wildman–Crippen LogP) is 4.63. The van der Waals surface area contributed by atoms with Crippen LogP contribution in [-0.4, -0.2) is 18.5 Å². The molecule has 1 atom stereocenters. The van der Waals surface area contributed by atoms with Gasteiger partial charge in [0.25, 0.3) is 5.91 Å². The molecule has 0 fully saturated rings. The van der Waals surface area contributed by atoms with Crippen molar-refractivity contribution < 1.29 is 18.7 Å². The highest BCUT2D eigenvalue weighted by Crippen LogP contribution is 2.26. The Hall–Kier alpha value is -2.51. The molecule has 27 heavy (non-hydrogen) atoms. The topological polar surface area (TPSA) is 55.4 Å². The maximum atomic E-state index is 13.2. The van der Waals surface area contributed by atoms with E-state index in [1.54, 1.807) is 18.2 Å². The molecule has 0 aliphatic heterocycles. The van der Waals surface area contributed by atoms with Gasteiger partial charge in [-0.15, -0.1) is 22.7 Å². The highest BCUT2D eigenvalue weighted by atomic mass is 32.1. The highest BCUT2D eigenvalue weighted by molar-refractivity contribution is 7.12. The van der Waals surface area contributed by atoms with Crippen LogP contribution in [0.5, 0.6) is 0 Å². The molecule has 0 saturated carbocycles. The number of hydrogen-bond donors (Lipinski definition) is 1. The van der Waals surface area contributed by atoms with Crippen molar-refractivity contribution >= 4 is 34.6 Å². The largest absolute Gasteiger partial charge is 0.452 e. The summed E-state index contributed by atoms with van der Waals surface area (Å²) in [6, 6.07) is 11.1. The van der Waals surface area contributed by atoms with Crippen LogP contribution in [0.1, 0.15) is 36.6 Å². The fourth-order valence-electron chi connectivity index (χ4n) is 2.67. The third-order valence-electron chi connectivity index (χ3n) is 3.93. The zero-order valence-corrected chi connectivity index (χ0v) is 16.5. The summed E-state index contributed by atoms with van der Waals surface area (Å²) in [6.07, 6.45) is 0. The number of nitrogens with one attached hydrogen (secondary N) is 1. The summed E-state index contributed by atoms with van der Waals surface area (Å²) < 4.78 is 18.4. The first-order valence-electron chi connectivity index (χ1n) is 8.26. The first-order chi connectivity index (χ1) is 12.9. The molecule has 3 aromatic rings. The first kappa shape index (κ1) is 19.3. The number of thiophene rings is 2. The molecule has 1 aromatic carbocycles. The Morgan fingerprint density at radius 2 is 1.93 bits per heavy atom. The number of amides is 1. The van der Waals surface area contributed by atoms with Crippen LogP contribution in [0.4, 0.5) is 4.39 Å². The Morgan fingerprint density at radius 3 is 2.52 bits per heavy atom. The Morgan fingerprint density at radius 1 is 1.19 bits per heavy atom. The monoisotopic (exact) mass is 403 g/mol. The highest BCUT2D eigenvalue weighted by Gasteiger charge is 2.20. The van der Waals surface area contributed by atoms with E-state index in [0.717, 1.165) is 20.2 Å². The third kappa shape index (κ3) is 4.81. The van der Waals surface area contributed by atoms with Crippen LogP contribution in [0.25, 0.3) is 0 Å². The first-order valence-corrected chi connectivity index (χ1v) is 9.96. The second kappa shape index (κ2) is 8.45. The van der Waals surface area contributed by atoms with Gasteiger partial charge in [0, 0.05) is 14.6 Å². The van der Waals surface area contributed by atoms with Gasteiger partial charge in [0.2, 0.25) is 0 Å². The SMILES string of the molecule is Cc1cc(C(=O)OCC(=O)N[C@@H](c2ccc(F)cc2)c2cccs2)c(C)s1. The molecule has 0 saturated heterocycles. The summed E-state index contributed by atoms with van der Waals surface area (Å²) in [5, 5.41) is 4.76. The van der Waals surface area contributed by atoms with E-state index >= 15 is 0 Å². The van der Waals surface area contributed by atoms with Gasteiger partial charge < -0.3 is 10.1 Å². The number of hydrogen-bond acceptors (Lipinski definition) is 5. The van der Waals surface area contributed by atoms with Gasteiger partial charge in [-0.2, -0.15) is 0 Å². The molecule has 1 amide bonds. The lowest BCUT2D eigenvalue weighted by Gasteiger charge is -2.18. The molecular formula is C20H18FNO3S2. The van der Waals surface area contributed by atoms with Gasteiger partial charge in [0.15, 0.2) is 6.61 Å². The van der Waals surface area contributed by atoms with Crippen LogP contribution < -0.4 is 5.32 Å². The van der Waals surface area contributed by atoms with Crippen molar-refractivity contribution in [3.63, 3.8) is 0 Å². The number of benzene rings is 1. The minimum Gasteiger partial charge on any atom is -0.452 e. The summed E-state index contributed by atoms with van der Waals surface area (Å²) in [5.41, 5.74) is 1.24. The van der Waals surface area contributed by atoms with E-state index in [4.69, 9.17) is 4.74 Å². The number of aryl methyl sites for hydroxylation is 2. The Bertz CT molecular complexity index is 933. The zero-order valence-electron chi connectivity index (χ0n) is 14.8. The fourth-order valence-corrected chi connectivity index (χ4v) is 4.39. The van der Waals surface area contributed by atoms with E-state index in [-0.39, 0.29) is 12.4 Å². The molecule has 2 aromatic heterocycles. The van der Waals surface area contributed by atoms with E-state index in [1.165, 1.54) is 34.8 Å². The normalized spacial score (nSPS) is 11.8. The molecule has 1 N–H and O–H groups in total. The molecule has 140 valence electrons. The second-order valence-corrected chi connectivity index (χ2v) is 8.41. The predicted molar refractivity (Wildman–Crippen MR) is 105 cm³/mol. The Labute approximate surface area is 164 Å². The number of ether oxygens (including phenoxy) is 1. The molecule has 0 unspecified atom stereocenters.